The number of furan rings is 1. The molecule has 0 N–H and O–H groups in total. The molecule has 0 bridgehead atoms. The number of benzene rings is 4. The van der Waals surface area contributed by atoms with Crippen molar-refractivity contribution in [1.29, 1.82) is 0 Å². The summed E-state index contributed by atoms with van der Waals surface area (Å²) < 4.78 is 6.75. The highest BCUT2D eigenvalue weighted by atomic mass is 16.3. The van der Waals surface area contributed by atoms with Gasteiger partial charge in [-0.2, -0.15) is 0 Å². The highest BCUT2D eigenvalue weighted by Crippen LogP contribution is 2.42. The first-order valence-corrected chi connectivity index (χ1v) is 12.6. The van der Waals surface area contributed by atoms with Crippen molar-refractivity contribution in [2.45, 2.75) is 46.5 Å². The Labute approximate surface area is 206 Å². The van der Waals surface area contributed by atoms with Gasteiger partial charge in [0.2, 0.25) is 0 Å². The standard InChI is InChI=1S/C33H31NO/c1-20(2)17-22-12-10-15-26-29-25-14-8-9-16-28(25)34-30(32(29)35-31(22)26)23-18-21-11-6-7-13-24(21)27(19-23)33(3,4)5/h6-16,18-20H,17H2,1-5H3. The van der Waals surface area contributed by atoms with Gasteiger partial charge in [0.25, 0.3) is 0 Å². The molecule has 174 valence electrons. The zero-order valence-electron chi connectivity index (χ0n) is 21.1. The second-order valence-corrected chi connectivity index (χ2v) is 11.2. The van der Waals surface area contributed by atoms with Crippen molar-refractivity contribution in [2.24, 2.45) is 5.92 Å². The average Bonchev–Trinajstić information content (AvgIpc) is 3.23. The lowest BCUT2D eigenvalue weighted by Gasteiger charge is -2.22. The predicted molar refractivity (Wildman–Crippen MR) is 149 cm³/mol. The van der Waals surface area contributed by atoms with E-state index in [0.717, 1.165) is 45.1 Å². The Bertz CT molecular complexity index is 1730. The van der Waals surface area contributed by atoms with E-state index >= 15 is 0 Å². The molecule has 2 aromatic heterocycles. The summed E-state index contributed by atoms with van der Waals surface area (Å²) >= 11 is 0. The number of hydrogen-bond acceptors (Lipinski definition) is 2. The van der Waals surface area contributed by atoms with Gasteiger partial charge >= 0.3 is 0 Å². The molecule has 6 aromatic rings. The van der Waals surface area contributed by atoms with Crippen LogP contribution in [-0.2, 0) is 11.8 Å². The highest BCUT2D eigenvalue weighted by Gasteiger charge is 2.22. The van der Waals surface area contributed by atoms with Crippen LogP contribution in [0.15, 0.2) is 83.3 Å². The number of fused-ring (bicyclic) bond motifs is 6. The lowest BCUT2D eigenvalue weighted by atomic mass is 9.82. The molecular weight excluding hydrogens is 426 g/mol. The van der Waals surface area contributed by atoms with Crippen molar-refractivity contribution in [3.63, 3.8) is 0 Å². The van der Waals surface area contributed by atoms with Gasteiger partial charge in [-0.1, -0.05) is 95.3 Å². The van der Waals surface area contributed by atoms with Gasteiger partial charge in [-0.15, -0.1) is 0 Å². The van der Waals surface area contributed by atoms with Crippen LogP contribution in [0.25, 0.3) is 54.9 Å². The van der Waals surface area contributed by atoms with Crippen molar-refractivity contribution >= 4 is 43.6 Å². The fourth-order valence-electron chi connectivity index (χ4n) is 5.43. The van der Waals surface area contributed by atoms with Crippen molar-refractivity contribution in [1.82, 2.24) is 4.98 Å². The van der Waals surface area contributed by atoms with E-state index in [9.17, 15) is 0 Å². The zero-order valence-corrected chi connectivity index (χ0v) is 21.1. The van der Waals surface area contributed by atoms with Crippen LogP contribution >= 0.6 is 0 Å². The first-order valence-electron chi connectivity index (χ1n) is 12.6. The van der Waals surface area contributed by atoms with E-state index < -0.39 is 0 Å². The molecule has 0 aliphatic heterocycles. The Hall–Kier alpha value is -3.65. The lowest BCUT2D eigenvalue weighted by Crippen LogP contribution is -2.12. The highest BCUT2D eigenvalue weighted by molar-refractivity contribution is 6.21. The third-order valence-electron chi connectivity index (χ3n) is 6.99. The molecule has 0 radical (unpaired) electrons. The van der Waals surface area contributed by atoms with Crippen LogP contribution in [0.4, 0.5) is 0 Å². The minimum atomic E-state index is 0.00386. The Kier molecular flexibility index (Phi) is 4.96. The summed E-state index contributed by atoms with van der Waals surface area (Å²) in [5.74, 6) is 0.554. The van der Waals surface area contributed by atoms with Gasteiger partial charge < -0.3 is 4.42 Å². The van der Waals surface area contributed by atoms with E-state index in [1.807, 2.05) is 0 Å². The molecule has 2 nitrogen and oxygen atoms in total. The summed E-state index contributed by atoms with van der Waals surface area (Å²) in [4.78, 5) is 5.20. The zero-order chi connectivity index (χ0) is 24.3. The minimum Gasteiger partial charge on any atom is -0.453 e. The van der Waals surface area contributed by atoms with Gasteiger partial charge in [-0.25, -0.2) is 4.98 Å². The van der Waals surface area contributed by atoms with E-state index in [-0.39, 0.29) is 5.41 Å². The number of aromatic nitrogens is 1. The summed E-state index contributed by atoms with van der Waals surface area (Å²) in [5, 5.41) is 6.01. The molecule has 0 unspecified atom stereocenters. The van der Waals surface area contributed by atoms with E-state index in [1.165, 1.54) is 27.3 Å². The Morgan fingerprint density at radius 1 is 0.771 bits per heavy atom. The molecule has 2 heterocycles. The number of pyridine rings is 1. The maximum absolute atomic E-state index is 6.75. The van der Waals surface area contributed by atoms with Crippen LogP contribution in [0.1, 0.15) is 45.7 Å². The molecule has 0 atom stereocenters. The molecule has 0 aliphatic rings. The van der Waals surface area contributed by atoms with Crippen molar-refractivity contribution in [3.05, 3.63) is 90.0 Å². The Morgan fingerprint density at radius 3 is 2.26 bits per heavy atom. The van der Waals surface area contributed by atoms with Gasteiger partial charge in [-0.05, 0) is 57.9 Å². The fourth-order valence-corrected chi connectivity index (χ4v) is 5.43. The third kappa shape index (κ3) is 3.60. The van der Waals surface area contributed by atoms with E-state index in [2.05, 4.69) is 113 Å². The third-order valence-corrected chi connectivity index (χ3v) is 6.99. The Morgan fingerprint density at radius 2 is 1.49 bits per heavy atom. The van der Waals surface area contributed by atoms with Crippen LogP contribution in [-0.4, -0.2) is 4.98 Å². The monoisotopic (exact) mass is 457 g/mol. The molecule has 2 heteroatoms. The summed E-state index contributed by atoms with van der Waals surface area (Å²) in [5.41, 5.74) is 7.48. The summed E-state index contributed by atoms with van der Waals surface area (Å²) in [6, 6.07) is 28.2. The first kappa shape index (κ1) is 21.9. The van der Waals surface area contributed by atoms with Gasteiger partial charge in [0.05, 0.1) is 5.52 Å². The minimum absolute atomic E-state index is 0.00386. The molecule has 0 amide bonds. The molecule has 4 aromatic carbocycles. The van der Waals surface area contributed by atoms with Crippen molar-refractivity contribution in [3.8, 4) is 11.3 Å². The fraction of sp³-hybridized carbons (Fsp3) is 0.242. The summed E-state index contributed by atoms with van der Waals surface area (Å²) in [7, 11) is 0. The molecule has 6 rings (SSSR count). The van der Waals surface area contributed by atoms with Crippen molar-refractivity contribution in [2.75, 3.05) is 0 Å². The van der Waals surface area contributed by atoms with E-state index in [1.54, 1.807) is 0 Å². The average molecular weight is 458 g/mol. The number of rotatable bonds is 3. The second kappa shape index (κ2) is 7.95. The van der Waals surface area contributed by atoms with Crippen LogP contribution in [0.5, 0.6) is 0 Å². The Balaban J connectivity index is 1.76. The van der Waals surface area contributed by atoms with E-state index in [0.29, 0.717) is 5.92 Å². The maximum atomic E-state index is 6.75. The molecule has 0 saturated heterocycles. The van der Waals surface area contributed by atoms with Crippen LogP contribution < -0.4 is 0 Å². The molecule has 0 fully saturated rings. The van der Waals surface area contributed by atoms with Gasteiger partial charge in [0.1, 0.15) is 11.3 Å². The van der Waals surface area contributed by atoms with Crippen molar-refractivity contribution < 1.29 is 4.42 Å². The summed E-state index contributed by atoms with van der Waals surface area (Å²) in [6.45, 7) is 11.4. The number of para-hydroxylation sites is 2. The summed E-state index contributed by atoms with van der Waals surface area (Å²) in [6.07, 6.45) is 0.988. The van der Waals surface area contributed by atoms with Crippen LogP contribution in [0, 0.1) is 5.92 Å². The number of hydrogen-bond donors (Lipinski definition) is 0. The molecule has 35 heavy (non-hydrogen) atoms. The second-order valence-electron chi connectivity index (χ2n) is 11.2. The molecule has 0 saturated carbocycles. The van der Waals surface area contributed by atoms with Gasteiger partial charge in [-0.3, -0.25) is 0 Å². The topological polar surface area (TPSA) is 26.0 Å². The van der Waals surface area contributed by atoms with Crippen LogP contribution in [0.3, 0.4) is 0 Å². The predicted octanol–water partition coefficient (Wildman–Crippen LogP) is 9.45. The number of nitrogens with zero attached hydrogens (tertiary/aromatic N) is 1. The van der Waals surface area contributed by atoms with E-state index in [4.69, 9.17) is 9.40 Å². The first-order chi connectivity index (χ1) is 16.8. The van der Waals surface area contributed by atoms with Gasteiger partial charge in [0, 0.05) is 21.7 Å². The molecular formula is C33H31NO. The largest absolute Gasteiger partial charge is 0.453 e. The van der Waals surface area contributed by atoms with Gasteiger partial charge in [0.15, 0.2) is 5.58 Å². The normalized spacial score (nSPS) is 12.5. The van der Waals surface area contributed by atoms with Crippen LogP contribution in [0.2, 0.25) is 0 Å². The SMILES string of the molecule is CC(C)Cc1cccc2c1oc1c(-c3cc(C(C)(C)C)c4ccccc4c3)nc3ccccc3c12. The smallest absolute Gasteiger partial charge is 0.162 e. The lowest BCUT2D eigenvalue weighted by molar-refractivity contribution is 0.596. The maximum Gasteiger partial charge on any atom is 0.162 e. The molecule has 0 spiro atoms. The molecule has 0 aliphatic carbocycles. The quantitative estimate of drug-likeness (QED) is 0.264.